The highest BCUT2D eigenvalue weighted by Gasteiger charge is 2.12. The SMILES string of the molecule is CC(=O)Nc1ccc(NC(=O)Cn2cccc2-c2nc(-c3ccccc3)cs2)cc1. The lowest BCUT2D eigenvalue weighted by molar-refractivity contribution is -0.117. The van der Waals surface area contributed by atoms with Crippen LogP contribution < -0.4 is 10.6 Å². The van der Waals surface area contributed by atoms with Crippen LogP contribution in [0.2, 0.25) is 0 Å². The van der Waals surface area contributed by atoms with E-state index in [1.54, 1.807) is 35.6 Å². The molecule has 150 valence electrons. The van der Waals surface area contributed by atoms with Crippen LogP contribution in [0, 0.1) is 0 Å². The fourth-order valence-corrected chi connectivity index (χ4v) is 3.94. The zero-order chi connectivity index (χ0) is 20.9. The molecule has 0 unspecified atom stereocenters. The van der Waals surface area contributed by atoms with Gasteiger partial charge in [0.1, 0.15) is 11.6 Å². The van der Waals surface area contributed by atoms with Crippen molar-refractivity contribution in [3.05, 3.63) is 78.3 Å². The largest absolute Gasteiger partial charge is 0.336 e. The number of thiazole rings is 1. The van der Waals surface area contributed by atoms with Crippen molar-refractivity contribution in [2.45, 2.75) is 13.5 Å². The molecule has 0 atom stereocenters. The standard InChI is InChI=1S/C23H20N4O2S/c1-16(28)24-18-9-11-19(12-10-18)25-22(29)14-27-13-5-8-21(27)23-26-20(15-30-23)17-6-3-2-4-7-17/h2-13,15H,14H2,1H3,(H,24,28)(H,25,29). The normalized spacial score (nSPS) is 10.6. The summed E-state index contributed by atoms with van der Waals surface area (Å²) in [5.74, 6) is -0.274. The lowest BCUT2D eigenvalue weighted by Crippen LogP contribution is -2.18. The Morgan fingerprint density at radius 1 is 0.933 bits per heavy atom. The number of rotatable bonds is 6. The van der Waals surface area contributed by atoms with Crippen LogP contribution in [-0.2, 0) is 16.1 Å². The summed E-state index contributed by atoms with van der Waals surface area (Å²) in [5.41, 5.74) is 4.25. The van der Waals surface area contributed by atoms with Crippen molar-refractivity contribution < 1.29 is 9.59 Å². The zero-order valence-electron chi connectivity index (χ0n) is 16.3. The Morgan fingerprint density at radius 3 is 2.33 bits per heavy atom. The fraction of sp³-hybridized carbons (Fsp3) is 0.0870. The van der Waals surface area contributed by atoms with Gasteiger partial charge in [-0.05, 0) is 36.4 Å². The molecular formula is C23H20N4O2S. The van der Waals surface area contributed by atoms with E-state index in [-0.39, 0.29) is 18.4 Å². The van der Waals surface area contributed by atoms with E-state index in [1.165, 1.54) is 6.92 Å². The number of amides is 2. The molecule has 4 rings (SSSR count). The number of nitrogens with zero attached hydrogens (tertiary/aromatic N) is 2. The molecule has 2 amide bonds. The maximum absolute atomic E-state index is 12.5. The average Bonchev–Trinajstić information content (AvgIpc) is 3.39. The van der Waals surface area contributed by atoms with Crippen molar-refractivity contribution in [2.75, 3.05) is 10.6 Å². The molecule has 0 fully saturated rings. The molecule has 0 radical (unpaired) electrons. The molecule has 2 heterocycles. The third-order valence-corrected chi connectivity index (χ3v) is 5.29. The molecule has 4 aromatic rings. The number of anilines is 2. The monoisotopic (exact) mass is 416 g/mol. The minimum atomic E-state index is -0.139. The van der Waals surface area contributed by atoms with Crippen molar-refractivity contribution in [3.8, 4) is 22.0 Å². The molecule has 0 aliphatic carbocycles. The molecule has 2 aromatic heterocycles. The number of aromatic nitrogens is 2. The number of hydrogen-bond donors (Lipinski definition) is 2. The predicted octanol–water partition coefficient (Wildman–Crippen LogP) is 4.88. The summed E-state index contributed by atoms with van der Waals surface area (Å²) >= 11 is 1.56. The second-order valence-electron chi connectivity index (χ2n) is 6.73. The molecule has 7 heteroatoms. The number of benzene rings is 2. The number of hydrogen-bond acceptors (Lipinski definition) is 4. The molecule has 2 N–H and O–H groups in total. The second kappa shape index (κ2) is 8.75. The van der Waals surface area contributed by atoms with Crippen molar-refractivity contribution in [2.24, 2.45) is 0 Å². The first-order chi connectivity index (χ1) is 14.6. The van der Waals surface area contributed by atoms with Gasteiger partial charge in [0.05, 0.1) is 11.4 Å². The van der Waals surface area contributed by atoms with E-state index in [9.17, 15) is 9.59 Å². The number of nitrogens with one attached hydrogen (secondary N) is 2. The fourth-order valence-electron chi connectivity index (χ4n) is 3.07. The Bertz CT molecular complexity index is 1160. The number of carbonyl (C=O) groups is 2. The maximum atomic E-state index is 12.5. The van der Waals surface area contributed by atoms with Crippen LogP contribution in [0.15, 0.2) is 78.3 Å². The van der Waals surface area contributed by atoms with E-state index in [0.717, 1.165) is 22.0 Å². The third-order valence-electron chi connectivity index (χ3n) is 4.43. The summed E-state index contributed by atoms with van der Waals surface area (Å²) in [6, 6.07) is 20.9. The summed E-state index contributed by atoms with van der Waals surface area (Å²) in [6.45, 7) is 1.63. The lowest BCUT2D eigenvalue weighted by atomic mass is 10.2. The Morgan fingerprint density at radius 2 is 1.63 bits per heavy atom. The first-order valence-electron chi connectivity index (χ1n) is 9.42. The van der Waals surface area contributed by atoms with Crippen LogP contribution in [0.4, 0.5) is 11.4 Å². The van der Waals surface area contributed by atoms with E-state index in [2.05, 4.69) is 10.6 Å². The molecule has 0 bridgehead atoms. The van der Waals surface area contributed by atoms with Crippen molar-refractivity contribution in [3.63, 3.8) is 0 Å². The summed E-state index contributed by atoms with van der Waals surface area (Å²) in [7, 11) is 0. The maximum Gasteiger partial charge on any atom is 0.244 e. The first-order valence-corrected chi connectivity index (χ1v) is 10.3. The van der Waals surface area contributed by atoms with E-state index in [4.69, 9.17) is 4.98 Å². The Balaban J connectivity index is 1.44. The van der Waals surface area contributed by atoms with Gasteiger partial charge in [0.25, 0.3) is 0 Å². The molecule has 6 nitrogen and oxygen atoms in total. The average molecular weight is 417 g/mol. The van der Waals surface area contributed by atoms with Gasteiger partial charge in [-0.2, -0.15) is 0 Å². The molecule has 0 saturated carbocycles. The Hall–Kier alpha value is -3.71. The third kappa shape index (κ3) is 4.64. The van der Waals surface area contributed by atoms with Crippen LogP contribution in [-0.4, -0.2) is 21.4 Å². The predicted molar refractivity (Wildman–Crippen MR) is 120 cm³/mol. The molecule has 0 saturated heterocycles. The minimum Gasteiger partial charge on any atom is -0.336 e. The van der Waals surface area contributed by atoms with E-state index in [0.29, 0.717) is 11.4 Å². The highest BCUT2D eigenvalue weighted by molar-refractivity contribution is 7.13. The summed E-state index contributed by atoms with van der Waals surface area (Å²) < 4.78 is 1.88. The van der Waals surface area contributed by atoms with Crippen LogP contribution in [0.25, 0.3) is 22.0 Å². The van der Waals surface area contributed by atoms with E-state index >= 15 is 0 Å². The Labute approximate surface area is 178 Å². The molecule has 0 aliphatic rings. The van der Waals surface area contributed by atoms with E-state index < -0.39 is 0 Å². The van der Waals surface area contributed by atoms with E-state index in [1.807, 2.05) is 58.6 Å². The van der Waals surface area contributed by atoms with Crippen LogP contribution in [0.1, 0.15) is 6.92 Å². The molecule has 30 heavy (non-hydrogen) atoms. The molecular weight excluding hydrogens is 396 g/mol. The van der Waals surface area contributed by atoms with Crippen LogP contribution in [0.5, 0.6) is 0 Å². The summed E-state index contributed by atoms with van der Waals surface area (Å²) in [4.78, 5) is 28.4. The van der Waals surface area contributed by atoms with Gasteiger partial charge in [0.15, 0.2) is 0 Å². The highest BCUT2D eigenvalue weighted by atomic mass is 32.1. The topological polar surface area (TPSA) is 76.0 Å². The van der Waals surface area contributed by atoms with Crippen LogP contribution >= 0.6 is 11.3 Å². The second-order valence-corrected chi connectivity index (χ2v) is 7.59. The van der Waals surface area contributed by atoms with Gasteiger partial charge >= 0.3 is 0 Å². The Kier molecular flexibility index (Phi) is 5.72. The van der Waals surface area contributed by atoms with Gasteiger partial charge in [0.2, 0.25) is 11.8 Å². The van der Waals surface area contributed by atoms with Gasteiger partial charge in [-0.1, -0.05) is 30.3 Å². The zero-order valence-corrected chi connectivity index (χ0v) is 17.1. The van der Waals surface area contributed by atoms with Gasteiger partial charge in [-0.15, -0.1) is 11.3 Å². The molecule has 0 aliphatic heterocycles. The number of carbonyl (C=O) groups excluding carboxylic acids is 2. The van der Waals surface area contributed by atoms with Crippen LogP contribution in [0.3, 0.4) is 0 Å². The summed E-state index contributed by atoms with van der Waals surface area (Å²) in [6.07, 6.45) is 1.87. The van der Waals surface area contributed by atoms with Gasteiger partial charge in [0, 0.05) is 35.4 Å². The molecule has 2 aromatic carbocycles. The quantitative estimate of drug-likeness (QED) is 0.471. The van der Waals surface area contributed by atoms with Crippen molar-refractivity contribution in [1.82, 2.24) is 9.55 Å². The van der Waals surface area contributed by atoms with Gasteiger partial charge in [-0.3, -0.25) is 9.59 Å². The lowest BCUT2D eigenvalue weighted by Gasteiger charge is -2.09. The highest BCUT2D eigenvalue weighted by Crippen LogP contribution is 2.29. The van der Waals surface area contributed by atoms with Gasteiger partial charge < -0.3 is 15.2 Å². The van der Waals surface area contributed by atoms with Gasteiger partial charge in [-0.25, -0.2) is 4.98 Å². The summed E-state index contributed by atoms with van der Waals surface area (Å²) in [5, 5.41) is 8.47. The van der Waals surface area contributed by atoms with Crippen molar-refractivity contribution >= 4 is 34.5 Å². The first kappa shape index (κ1) is 19.6. The van der Waals surface area contributed by atoms with Crippen molar-refractivity contribution in [1.29, 1.82) is 0 Å². The smallest absolute Gasteiger partial charge is 0.244 e. The molecule has 0 spiro atoms. The minimum absolute atomic E-state index is 0.135.